The van der Waals surface area contributed by atoms with Crippen molar-refractivity contribution in [3.63, 3.8) is 0 Å². The molecule has 0 amide bonds. The highest BCUT2D eigenvalue weighted by Crippen LogP contribution is 2.51. The van der Waals surface area contributed by atoms with Crippen molar-refractivity contribution in [1.29, 1.82) is 0 Å². The summed E-state index contributed by atoms with van der Waals surface area (Å²) < 4.78 is 0. The average molecular weight is 260 g/mol. The number of hydrogen-bond acceptors (Lipinski definition) is 0. The molecule has 0 bridgehead atoms. The second kappa shape index (κ2) is 4.37. The highest BCUT2D eigenvalue weighted by Gasteiger charge is 2.42. The van der Waals surface area contributed by atoms with E-state index in [1.165, 1.54) is 31.7 Å². The van der Waals surface area contributed by atoms with Gasteiger partial charge in [0.2, 0.25) is 0 Å². The van der Waals surface area contributed by atoms with Gasteiger partial charge in [-0.15, -0.1) is 0 Å². The van der Waals surface area contributed by atoms with Gasteiger partial charge in [0.1, 0.15) is 0 Å². The molecule has 3 aliphatic carbocycles. The fourth-order valence-corrected chi connectivity index (χ4v) is 6.66. The van der Waals surface area contributed by atoms with Crippen LogP contribution in [-0.2, 0) is 0 Å². The quantitative estimate of drug-likeness (QED) is 0.594. The zero-order chi connectivity index (χ0) is 12.9. The number of rotatable bonds is 2. The molecular formula is C17H28Si. The molecule has 2 saturated carbocycles. The fraction of sp³-hybridized carbons (Fsp3) is 0.765. The summed E-state index contributed by atoms with van der Waals surface area (Å²) in [6.07, 6.45) is 11.0. The Labute approximate surface area is 114 Å². The molecule has 3 rings (SSSR count). The first-order valence-corrected chi connectivity index (χ1v) is 11.6. The highest BCUT2D eigenvalue weighted by molar-refractivity contribution is 6.76. The lowest BCUT2D eigenvalue weighted by molar-refractivity contribution is 0.420. The first-order chi connectivity index (χ1) is 8.44. The highest BCUT2D eigenvalue weighted by atomic mass is 28.3. The maximum Gasteiger partial charge on any atom is 0.0445 e. The third-order valence-electron chi connectivity index (χ3n) is 5.29. The van der Waals surface area contributed by atoms with Crippen molar-refractivity contribution in [2.75, 3.05) is 0 Å². The summed E-state index contributed by atoms with van der Waals surface area (Å²) in [7, 11) is -0.912. The van der Waals surface area contributed by atoms with Crippen LogP contribution >= 0.6 is 0 Å². The molecule has 0 aromatic rings. The van der Waals surface area contributed by atoms with E-state index in [1.807, 2.05) is 0 Å². The first-order valence-electron chi connectivity index (χ1n) is 7.86. The second-order valence-electron chi connectivity index (χ2n) is 8.13. The van der Waals surface area contributed by atoms with Crippen LogP contribution in [-0.4, -0.2) is 8.07 Å². The second-order valence-corrected chi connectivity index (χ2v) is 13.7. The smallest absolute Gasteiger partial charge is 0.0445 e. The number of fused-ring (bicyclic) bond motifs is 2. The van der Waals surface area contributed by atoms with Gasteiger partial charge < -0.3 is 0 Å². The summed E-state index contributed by atoms with van der Waals surface area (Å²) in [5, 5.41) is 0. The SMILES string of the molecule is CC1CC(C[Si](C)(C)C)C2C=C3CCCC3=CC12. The Hall–Kier alpha value is -0.303. The van der Waals surface area contributed by atoms with Crippen molar-refractivity contribution >= 4 is 8.07 Å². The molecule has 0 aliphatic heterocycles. The first kappa shape index (κ1) is 12.7. The standard InChI is InChI=1S/C17H28Si/c1-12-8-15(11-18(2,3)4)17-10-14-7-5-6-13(14)9-16(12)17/h9-10,12,15-17H,5-8,11H2,1-4H3. The molecule has 4 unspecified atom stereocenters. The Kier molecular flexibility index (Phi) is 3.08. The van der Waals surface area contributed by atoms with Crippen molar-refractivity contribution in [3.8, 4) is 0 Å². The molecule has 0 saturated heterocycles. The molecular weight excluding hydrogens is 232 g/mol. The van der Waals surface area contributed by atoms with Crippen molar-refractivity contribution in [2.24, 2.45) is 23.7 Å². The summed E-state index contributed by atoms with van der Waals surface area (Å²) in [6.45, 7) is 10.1. The van der Waals surface area contributed by atoms with Crippen LogP contribution in [0.1, 0.15) is 32.6 Å². The minimum absolute atomic E-state index is 0.878. The summed E-state index contributed by atoms with van der Waals surface area (Å²) in [4.78, 5) is 0. The summed E-state index contributed by atoms with van der Waals surface area (Å²) in [5.74, 6) is 3.68. The molecule has 0 spiro atoms. The maximum absolute atomic E-state index is 2.71. The Morgan fingerprint density at radius 1 is 1.06 bits per heavy atom. The van der Waals surface area contributed by atoms with Gasteiger partial charge in [0.15, 0.2) is 0 Å². The van der Waals surface area contributed by atoms with Gasteiger partial charge in [0.25, 0.3) is 0 Å². The fourth-order valence-electron chi connectivity index (χ4n) is 4.65. The van der Waals surface area contributed by atoms with Gasteiger partial charge >= 0.3 is 0 Å². The largest absolute Gasteiger partial charge is 0.0771 e. The molecule has 100 valence electrons. The monoisotopic (exact) mass is 260 g/mol. The van der Waals surface area contributed by atoms with E-state index < -0.39 is 8.07 Å². The lowest BCUT2D eigenvalue weighted by Gasteiger charge is -2.29. The van der Waals surface area contributed by atoms with Crippen LogP contribution in [0.3, 0.4) is 0 Å². The van der Waals surface area contributed by atoms with E-state index in [-0.39, 0.29) is 0 Å². The van der Waals surface area contributed by atoms with Crippen molar-refractivity contribution in [1.82, 2.24) is 0 Å². The van der Waals surface area contributed by atoms with Gasteiger partial charge in [-0.2, -0.15) is 0 Å². The third kappa shape index (κ3) is 2.26. The van der Waals surface area contributed by atoms with E-state index in [0.717, 1.165) is 23.7 Å². The minimum atomic E-state index is -0.912. The molecule has 0 aromatic carbocycles. The molecule has 4 atom stereocenters. The Morgan fingerprint density at radius 2 is 1.67 bits per heavy atom. The molecule has 1 heteroatoms. The van der Waals surface area contributed by atoms with Gasteiger partial charge in [0, 0.05) is 8.07 Å². The topological polar surface area (TPSA) is 0 Å². The Bertz CT molecular complexity index is 396. The van der Waals surface area contributed by atoms with E-state index >= 15 is 0 Å². The lowest BCUT2D eigenvalue weighted by atomic mass is 9.80. The van der Waals surface area contributed by atoms with Crippen molar-refractivity contribution in [3.05, 3.63) is 23.3 Å². The summed E-state index contributed by atoms with van der Waals surface area (Å²) in [6, 6.07) is 1.53. The predicted molar refractivity (Wildman–Crippen MR) is 82.4 cm³/mol. The molecule has 2 fully saturated rings. The van der Waals surface area contributed by atoms with Crippen molar-refractivity contribution < 1.29 is 0 Å². The molecule has 0 N–H and O–H groups in total. The third-order valence-corrected chi connectivity index (χ3v) is 7.04. The zero-order valence-corrected chi connectivity index (χ0v) is 13.5. The molecule has 0 nitrogen and oxygen atoms in total. The van der Waals surface area contributed by atoms with Crippen molar-refractivity contribution in [2.45, 2.75) is 58.3 Å². The van der Waals surface area contributed by atoms with E-state index in [0.29, 0.717) is 0 Å². The predicted octanol–water partition coefficient (Wildman–Crippen LogP) is 5.26. The van der Waals surface area contributed by atoms with E-state index in [4.69, 9.17) is 0 Å². The summed E-state index contributed by atoms with van der Waals surface area (Å²) >= 11 is 0. The number of allylic oxidation sites excluding steroid dienone is 4. The molecule has 0 aromatic heterocycles. The average Bonchev–Trinajstić information content (AvgIpc) is 2.80. The van der Waals surface area contributed by atoms with E-state index in [9.17, 15) is 0 Å². The van der Waals surface area contributed by atoms with Gasteiger partial charge in [-0.25, -0.2) is 0 Å². The molecule has 0 radical (unpaired) electrons. The minimum Gasteiger partial charge on any atom is -0.0771 e. The van der Waals surface area contributed by atoms with Gasteiger partial charge in [-0.05, 0) is 60.5 Å². The normalized spacial score (nSPS) is 39.1. The van der Waals surface area contributed by atoms with Gasteiger partial charge in [-0.1, -0.05) is 44.8 Å². The maximum atomic E-state index is 2.71. The number of hydrogen-bond donors (Lipinski definition) is 0. The van der Waals surface area contributed by atoms with Crippen LogP contribution in [0.2, 0.25) is 25.7 Å². The van der Waals surface area contributed by atoms with Crippen LogP contribution in [0.4, 0.5) is 0 Å². The van der Waals surface area contributed by atoms with Gasteiger partial charge in [-0.3, -0.25) is 0 Å². The Morgan fingerprint density at radius 3 is 2.28 bits per heavy atom. The van der Waals surface area contributed by atoms with E-state index in [1.54, 1.807) is 11.1 Å². The molecule has 0 heterocycles. The van der Waals surface area contributed by atoms with Crippen LogP contribution in [0.15, 0.2) is 23.3 Å². The summed E-state index contributed by atoms with van der Waals surface area (Å²) in [5.41, 5.74) is 3.45. The molecule has 3 aliphatic rings. The Balaban J connectivity index is 1.84. The van der Waals surface area contributed by atoms with Crippen LogP contribution in [0.25, 0.3) is 0 Å². The zero-order valence-electron chi connectivity index (χ0n) is 12.5. The van der Waals surface area contributed by atoms with Crippen LogP contribution < -0.4 is 0 Å². The van der Waals surface area contributed by atoms with Crippen LogP contribution in [0, 0.1) is 23.7 Å². The van der Waals surface area contributed by atoms with Crippen LogP contribution in [0.5, 0.6) is 0 Å². The molecule has 18 heavy (non-hydrogen) atoms. The van der Waals surface area contributed by atoms with Gasteiger partial charge in [0.05, 0.1) is 0 Å². The lowest BCUT2D eigenvalue weighted by Crippen LogP contribution is -2.27. The van der Waals surface area contributed by atoms with E-state index in [2.05, 4.69) is 38.7 Å².